The summed E-state index contributed by atoms with van der Waals surface area (Å²) in [7, 11) is 0. The molecule has 0 bridgehead atoms. The fourth-order valence-corrected chi connectivity index (χ4v) is 2.81. The number of carbonyl (C=O) groups excluding carboxylic acids is 1. The highest BCUT2D eigenvalue weighted by Crippen LogP contribution is 2.28. The Balaban J connectivity index is 3.04. The lowest BCUT2D eigenvalue weighted by atomic mass is 10.0. The molecular formula is C12H11BrCl2O3. The summed E-state index contributed by atoms with van der Waals surface area (Å²) in [5, 5.41) is 9.48. The Morgan fingerprint density at radius 2 is 1.83 bits per heavy atom. The van der Waals surface area contributed by atoms with E-state index in [0.717, 1.165) is 5.56 Å². The van der Waals surface area contributed by atoms with Gasteiger partial charge in [-0.2, -0.15) is 0 Å². The lowest BCUT2D eigenvalue weighted by Crippen LogP contribution is -2.18. The highest BCUT2D eigenvalue weighted by Gasteiger charge is 2.21. The van der Waals surface area contributed by atoms with Crippen molar-refractivity contribution < 1.29 is 14.7 Å². The van der Waals surface area contributed by atoms with Gasteiger partial charge in [-0.3, -0.25) is 9.59 Å². The second-order valence-electron chi connectivity index (χ2n) is 3.70. The second kappa shape index (κ2) is 6.55. The maximum atomic E-state index is 12.0. The molecule has 0 fully saturated rings. The van der Waals surface area contributed by atoms with Crippen molar-refractivity contribution in [3.63, 3.8) is 0 Å². The Kier molecular flexibility index (Phi) is 5.63. The molecule has 1 rings (SSSR count). The molecule has 0 saturated heterocycles. The minimum absolute atomic E-state index is 0.288. The predicted molar refractivity (Wildman–Crippen MR) is 75.1 cm³/mol. The van der Waals surface area contributed by atoms with Crippen molar-refractivity contribution in [3.05, 3.63) is 33.3 Å². The van der Waals surface area contributed by atoms with E-state index in [9.17, 15) is 9.59 Å². The van der Waals surface area contributed by atoms with Gasteiger partial charge in [0.05, 0.1) is 11.2 Å². The van der Waals surface area contributed by atoms with E-state index in [1.54, 1.807) is 0 Å². The van der Waals surface area contributed by atoms with Gasteiger partial charge in [-0.1, -0.05) is 46.1 Å². The fourth-order valence-electron chi connectivity index (χ4n) is 1.51. The highest BCUT2D eigenvalue weighted by molar-refractivity contribution is 9.10. The molecular weight excluding hydrogens is 343 g/mol. The number of rotatable bonds is 5. The first-order valence-electron chi connectivity index (χ1n) is 5.24. The van der Waals surface area contributed by atoms with E-state index >= 15 is 0 Å². The summed E-state index contributed by atoms with van der Waals surface area (Å²) in [5.41, 5.74) is 1.09. The summed E-state index contributed by atoms with van der Waals surface area (Å²) in [4.78, 5) is 21.7. The third-order valence-corrected chi connectivity index (χ3v) is 3.83. The summed E-state index contributed by atoms with van der Waals surface area (Å²) in [6.45, 7) is 1.91. The topological polar surface area (TPSA) is 54.4 Å². The summed E-state index contributed by atoms with van der Waals surface area (Å²) < 4.78 is 0. The number of hydrogen-bond acceptors (Lipinski definition) is 2. The van der Waals surface area contributed by atoms with Gasteiger partial charge in [0.25, 0.3) is 0 Å². The largest absolute Gasteiger partial charge is 0.481 e. The van der Waals surface area contributed by atoms with Gasteiger partial charge in [-0.15, -0.1) is 0 Å². The minimum Gasteiger partial charge on any atom is -0.481 e. The van der Waals surface area contributed by atoms with Crippen LogP contribution in [0.3, 0.4) is 0 Å². The van der Waals surface area contributed by atoms with Gasteiger partial charge in [-0.05, 0) is 24.1 Å². The van der Waals surface area contributed by atoms with Crippen molar-refractivity contribution in [1.82, 2.24) is 0 Å². The molecule has 0 aromatic heterocycles. The second-order valence-corrected chi connectivity index (χ2v) is 5.62. The first kappa shape index (κ1) is 15.5. The van der Waals surface area contributed by atoms with Gasteiger partial charge in [-0.25, -0.2) is 0 Å². The van der Waals surface area contributed by atoms with Crippen molar-refractivity contribution >= 4 is 50.9 Å². The van der Waals surface area contributed by atoms with E-state index in [0.29, 0.717) is 22.0 Å². The summed E-state index contributed by atoms with van der Waals surface area (Å²) in [6, 6.07) is 3.04. The molecule has 0 heterocycles. The molecule has 98 valence electrons. The van der Waals surface area contributed by atoms with Gasteiger partial charge in [0.15, 0.2) is 5.78 Å². The van der Waals surface area contributed by atoms with Crippen LogP contribution in [-0.2, 0) is 11.2 Å². The van der Waals surface area contributed by atoms with E-state index in [1.165, 1.54) is 12.1 Å². The average Bonchev–Trinajstić information content (AvgIpc) is 2.26. The number of ketones is 1. The quantitative estimate of drug-likeness (QED) is 0.643. The van der Waals surface area contributed by atoms with Crippen LogP contribution in [0.15, 0.2) is 12.1 Å². The number of halogens is 3. The van der Waals surface area contributed by atoms with Crippen molar-refractivity contribution in [2.24, 2.45) is 0 Å². The number of aliphatic carboxylic acids is 1. The number of hydrogen-bond donors (Lipinski definition) is 1. The van der Waals surface area contributed by atoms with Crippen molar-refractivity contribution in [2.75, 3.05) is 0 Å². The molecule has 0 aliphatic rings. The van der Waals surface area contributed by atoms with E-state index in [1.807, 2.05) is 6.92 Å². The third kappa shape index (κ3) is 3.70. The number of carboxylic acid groups (broad SMARTS) is 1. The molecule has 1 unspecified atom stereocenters. The molecule has 1 atom stereocenters. The molecule has 0 spiro atoms. The SMILES string of the molecule is CCc1c(Cl)cc(C(=O)C(Br)CC(=O)O)cc1Cl. The number of alkyl halides is 1. The zero-order valence-electron chi connectivity index (χ0n) is 9.54. The van der Waals surface area contributed by atoms with E-state index < -0.39 is 10.8 Å². The maximum Gasteiger partial charge on any atom is 0.304 e. The molecule has 0 amide bonds. The first-order chi connectivity index (χ1) is 8.36. The van der Waals surface area contributed by atoms with Gasteiger partial charge in [0.1, 0.15) is 0 Å². The molecule has 0 aliphatic heterocycles. The molecule has 1 aromatic carbocycles. The first-order valence-corrected chi connectivity index (χ1v) is 6.92. The molecule has 0 aliphatic carbocycles. The van der Waals surface area contributed by atoms with Crippen LogP contribution in [0.4, 0.5) is 0 Å². The minimum atomic E-state index is -1.05. The Morgan fingerprint density at radius 1 is 1.33 bits per heavy atom. The van der Waals surface area contributed by atoms with Crippen LogP contribution >= 0.6 is 39.1 Å². The highest BCUT2D eigenvalue weighted by atomic mass is 79.9. The van der Waals surface area contributed by atoms with Crippen LogP contribution in [-0.4, -0.2) is 21.7 Å². The number of Topliss-reactive ketones (excluding diaryl/α,β-unsaturated/α-hetero) is 1. The molecule has 6 heteroatoms. The van der Waals surface area contributed by atoms with Gasteiger partial charge >= 0.3 is 5.97 Å². The monoisotopic (exact) mass is 352 g/mol. The summed E-state index contributed by atoms with van der Waals surface area (Å²) in [5.74, 6) is -1.39. The molecule has 0 radical (unpaired) electrons. The van der Waals surface area contributed by atoms with Crippen molar-refractivity contribution in [3.8, 4) is 0 Å². The normalized spacial score (nSPS) is 12.2. The zero-order chi connectivity index (χ0) is 13.9. The van der Waals surface area contributed by atoms with Crippen LogP contribution in [0.2, 0.25) is 10.0 Å². The Labute approximate surface area is 123 Å². The fraction of sp³-hybridized carbons (Fsp3) is 0.333. The molecule has 1 aromatic rings. The lowest BCUT2D eigenvalue weighted by molar-refractivity contribution is -0.136. The Morgan fingerprint density at radius 3 is 2.22 bits per heavy atom. The maximum absolute atomic E-state index is 12.0. The summed E-state index contributed by atoms with van der Waals surface area (Å²) in [6.07, 6.45) is 0.378. The van der Waals surface area contributed by atoms with E-state index in [2.05, 4.69) is 15.9 Å². The number of carboxylic acids is 1. The van der Waals surface area contributed by atoms with E-state index in [-0.39, 0.29) is 12.2 Å². The van der Waals surface area contributed by atoms with Crippen LogP contribution in [0, 0.1) is 0 Å². The van der Waals surface area contributed by atoms with Crippen molar-refractivity contribution in [2.45, 2.75) is 24.6 Å². The average molecular weight is 354 g/mol. The zero-order valence-corrected chi connectivity index (χ0v) is 12.6. The van der Waals surface area contributed by atoms with Gasteiger partial charge < -0.3 is 5.11 Å². The predicted octanol–water partition coefficient (Wildman–Crippen LogP) is 3.98. The standard InChI is InChI=1S/C12H11BrCl2O3/c1-2-7-9(14)3-6(4-10(7)15)12(18)8(13)5-11(16)17/h3-4,8H,2,5H2,1H3,(H,16,17). The number of benzene rings is 1. The molecule has 18 heavy (non-hydrogen) atoms. The lowest BCUT2D eigenvalue weighted by Gasteiger charge is -2.10. The molecule has 1 N–H and O–H groups in total. The van der Waals surface area contributed by atoms with Crippen LogP contribution < -0.4 is 0 Å². The van der Waals surface area contributed by atoms with Crippen LogP contribution in [0.1, 0.15) is 29.3 Å². The van der Waals surface area contributed by atoms with Crippen LogP contribution in [0.25, 0.3) is 0 Å². The smallest absolute Gasteiger partial charge is 0.304 e. The Hall–Kier alpha value is -0.580. The van der Waals surface area contributed by atoms with Gasteiger partial charge in [0.2, 0.25) is 0 Å². The van der Waals surface area contributed by atoms with E-state index in [4.69, 9.17) is 28.3 Å². The number of carbonyl (C=O) groups is 2. The van der Waals surface area contributed by atoms with Gasteiger partial charge in [0, 0.05) is 15.6 Å². The summed E-state index contributed by atoms with van der Waals surface area (Å²) >= 11 is 15.1. The Bertz CT molecular complexity index is 465. The third-order valence-electron chi connectivity index (χ3n) is 2.42. The van der Waals surface area contributed by atoms with Crippen molar-refractivity contribution in [1.29, 1.82) is 0 Å². The molecule has 3 nitrogen and oxygen atoms in total. The molecule has 0 saturated carbocycles. The van der Waals surface area contributed by atoms with Crippen LogP contribution in [0.5, 0.6) is 0 Å².